The van der Waals surface area contributed by atoms with Gasteiger partial charge in [-0.2, -0.15) is 0 Å². The zero-order valence-electron chi connectivity index (χ0n) is 14.3. The van der Waals surface area contributed by atoms with Crippen molar-refractivity contribution >= 4 is 0 Å². The van der Waals surface area contributed by atoms with Crippen LogP contribution in [0.1, 0.15) is 59.8 Å². The van der Waals surface area contributed by atoms with Gasteiger partial charge in [0.1, 0.15) is 0 Å². The van der Waals surface area contributed by atoms with Crippen LogP contribution in [-0.2, 0) is 4.74 Å². The maximum Gasteiger partial charge on any atom is 0.0590 e. The summed E-state index contributed by atoms with van der Waals surface area (Å²) in [5.74, 6) is 1.47. The van der Waals surface area contributed by atoms with Crippen molar-refractivity contribution in [2.45, 2.75) is 71.4 Å². The Morgan fingerprint density at radius 1 is 1.25 bits per heavy atom. The number of methoxy groups -OCH3 is 1. The van der Waals surface area contributed by atoms with E-state index in [4.69, 9.17) is 10.5 Å². The molecule has 0 aliphatic heterocycles. The molecule has 0 aromatic carbocycles. The maximum absolute atomic E-state index is 6.33. The molecule has 1 aliphatic carbocycles. The first-order valence-electron chi connectivity index (χ1n) is 8.51. The van der Waals surface area contributed by atoms with Gasteiger partial charge in [0.2, 0.25) is 0 Å². The molecule has 0 amide bonds. The van der Waals surface area contributed by atoms with Crippen LogP contribution >= 0.6 is 0 Å². The first kappa shape index (κ1) is 17.9. The fourth-order valence-corrected chi connectivity index (χ4v) is 4.20. The summed E-state index contributed by atoms with van der Waals surface area (Å²) in [5, 5.41) is 0. The summed E-state index contributed by atoms with van der Waals surface area (Å²) < 4.78 is 5.37. The minimum atomic E-state index is 0.173. The molecule has 0 spiro atoms. The quantitative estimate of drug-likeness (QED) is 0.743. The van der Waals surface area contributed by atoms with E-state index in [1.165, 1.54) is 32.1 Å². The molecule has 0 saturated heterocycles. The third-order valence-corrected chi connectivity index (χ3v) is 5.56. The number of nitrogens with zero attached hydrogens (tertiary/aromatic N) is 1. The largest absolute Gasteiger partial charge is 0.383 e. The van der Waals surface area contributed by atoms with Gasteiger partial charge in [-0.25, -0.2) is 0 Å². The molecule has 0 bridgehead atoms. The summed E-state index contributed by atoms with van der Waals surface area (Å²) in [6, 6.07) is 0.626. The van der Waals surface area contributed by atoms with Crippen molar-refractivity contribution in [1.29, 1.82) is 0 Å². The highest BCUT2D eigenvalue weighted by atomic mass is 16.5. The topological polar surface area (TPSA) is 38.5 Å². The summed E-state index contributed by atoms with van der Waals surface area (Å²) in [5.41, 5.74) is 6.50. The van der Waals surface area contributed by atoms with Crippen molar-refractivity contribution in [2.75, 3.05) is 26.8 Å². The number of hydrogen-bond donors (Lipinski definition) is 1. The van der Waals surface area contributed by atoms with E-state index in [1.807, 2.05) is 0 Å². The molecule has 120 valence electrons. The van der Waals surface area contributed by atoms with E-state index < -0.39 is 0 Å². The molecule has 0 heterocycles. The molecule has 1 fully saturated rings. The van der Waals surface area contributed by atoms with Gasteiger partial charge in [0, 0.05) is 31.8 Å². The van der Waals surface area contributed by atoms with Gasteiger partial charge in [0.15, 0.2) is 0 Å². The molecule has 0 radical (unpaired) electrons. The predicted octanol–water partition coefficient (Wildman–Crippen LogP) is 3.28. The Labute approximate surface area is 126 Å². The molecular formula is C17H36N2O. The van der Waals surface area contributed by atoms with Crippen LogP contribution in [0.15, 0.2) is 0 Å². The first-order valence-corrected chi connectivity index (χ1v) is 8.51. The van der Waals surface area contributed by atoms with E-state index in [0.29, 0.717) is 12.0 Å². The first-order chi connectivity index (χ1) is 9.55. The lowest BCUT2D eigenvalue weighted by molar-refractivity contribution is -0.0458. The summed E-state index contributed by atoms with van der Waals surface area (Å²) in [7, 11) is 1.80. The lowest BCUT2D eigenvalue weighted by Gasteiger charge is -2.54. The molecule has 0 aromatic heterocycles. The molecule has 0 aromatic rings. The third-order valence-electron chi connectivity index (χ3n) is 5.56. The second kappa shape index (κ2) is 8.35. The minimum absolute atomic E-state index is 0.173. The van der Waals surface area contributed by atoms with Gasteiger partial charge in [-0.05, 0) is 37.5 Å². The monoisotopic (exact) mass is 284 g/mol. The normalized spacial score (nSPS) is 31.2. The van der Waals surface area contributed by atoms with Crippen LogP contribution in [0.3, 0.4) is 0 Å². The van der Waals surface area contributed by atoms with Gasteiger partial charge in [0.25, 0.3) is 0 Å². The van der Waals surface area contributed by atoms with E-state index in [0.717, 1.165) is 25.6 Å². The Kier molecular flexibility index (Phi) is 7.49. The van der Waals surface area contributed by atoms with E-state index in [-0.39, 0.29) is 5.54 Å². The van der Waals surface area contributed by atoms with E-state index in [1.54, 1.807) is 7.11 Å². The summed E-state index contributed by atoms with van der Waals surface area (Å²) in [4.78, 5) is 2.71. The van der Waals surface area contributed by atoms with E-state index >= 15 is 0 Å². The van der Waals surface area contributed by atoms with Crippen molar-refractivity contribution in [3.63, 3.8) is 0 Å². The summed E-state index contributed by atoms with van der Waals surface area (Å²) in [6.07, 6.45) is 6.29. The van der Waals surface area contributed by atoms with Gasteiger partial charge >= 0.3 is 0 Å². The van der Waals surface area contributed by atoms with Crippen molar-refractivity contribution in [1.82, 2.24) is 4.90 Å². The fraction of sp³-hybridized carbons (Fsp3) is 1.00. The molecule has 3 heteroatoms. The second-order valence-corrected chi connectivity index (χ2v) is 6.75. The fourth-order valence-electron chi connectivity index (χ4n) is 4.20. The summed E-state index contributed by atoms with van der Waals surface area (Å²) in [6.45, 7) is 12.0. The molecular weight excluding hydrogens is 248 g/mol. The Balaban J connectivity index is 3.03. The average molecular weight is 284 g/mol. The maximum atomic E-state index is 6.33. The van der Waals surface area contributed by atoms with Crippen LogP contribution in [0.5, 0.6) is 0 Å². The molecule has 1 rings (SSSR count). The Morgan fingerprint density at radius 2 is 1.90 bits per heavy atom. The van der Waals surface area contributed by atoms with Crippen LogP contribution in [0.4, 0.5) is 0 Å². The van der Waals surface area contributed by atoms with Gasteiger partial charge in [0.05, 0.1) is 6.61 Å². The highest BCUT2D eigenvalue weighted by Gasteiger charge is 2.45. The third kappa shape index (κ3) is 3.75. The lowest BCUT2D eigenvalue weighted by atomic mass is 9.68. The van der Waals surface area contributed by atoms with Crippen LogP contribution in [0.25, 0.3) is 0 Å². The smallest absolute Gasteiger partial charge is 0.0590 e. The van der Waals surface area contributed by atoms with Crippen LogP contribution in [0.2, 0.25) is 0 Å². The Morgan fingerprint density at radius 3 is 2.40 bits per heavy atom. The van der Waals surface area contributed by atoms with Crippen molar-refractivity contribution in [3.8, 4) is 0 Å². The molecule has 3 unspecified atom stereocenters. The van der Waals surface area contributed by atoms with Crippen LogP contribution in [0, 0.1) is 11.8 Å². The van der Waals surface area contributed by atoms with Gasteiger partial charge in [-0.3, -0.25) is 4.90 Å². The summed E-state index contributed by atoms with van der Waals surface area (Å²) >= 11 is 0. The number of rotatable bonds is 8. The highest BCUT2D eigenvalue weighted by Crippen LogP contribution is 2.42. The number of ether oxygens (including phenoxy) is 1. The Bertz CT molecular complexity index is 268. The highest BCUT2D eigenvalue weighted by molar-refractivity contribution is 5.01. The van der Waals surface area contributed by atoms with Crippen LogP contribution < -0.4 is 5.73 Å². The molecule has 3 nitrogen and oxygen atoms in total. The molecule has 1 aliphatic rings. The zero-order chi connectivity index (χ0) is 15.2. The van der Waals surface area contributed by atoms with Gasteiger partial charge < -0.3 is 10.5 Å². The zero-order valence-corrected chi connectivity index (χ0v) is 14.3. The molecule has 2 N–H and O–H groups in total. The average Bonchev–Trinajstić information content (AvgIpc) is 2.46. The second-order valence-electron chi connectivity index (χ2n) is 6.75. The lowest BCUT2D eigenvalue weighted by Crippen LogP contribution is -2.63. The standard InChI is InChI=1S/C17H36N2O/c1-6-16(7-2)19(10-11-20-5)17(13-18)12-14(3)8-9-15(17)4/h14-16H,6-13,18H2,1-5H3. The molecule has 1 saturated carbocycles. The molecule has 20 heavy (non-hydrogen) atoms. The van der Waals surface area contributed by atoms with E-state index in [2.05, 4.69) is 32.6 Å². The number of nitrogens with two attached hydrogens (primary N) is 1. The van der Waals surface area contributed by atoms with Gasteiger partial charge in [-0.15, -0.1) is 0 Å². The van der Waals surface area contributed by atoms with Crippen molar-refractivity contribution in [3.05, 3.63) is 0 Å². The number of hydrogen-bond acceptors (Lipinski definition) is 3. The minimum Gasteiger partial charge on any atom is -0.383 e. The molecule has 3 atom stereocenters. The van der Waals surface area contributed by atoms with Crippen molar-refractivity contribution < 1.29 is 4.74 Å². The SMILES string of the molecule is CCC(CC)N(CCOC)C1(CN)CC(C)CCC1C. The van der Waals surface area contributed by atoms with E-state index in [9.17, 15) is 0 Å². The van der Waals surface area contributed by atoms with Crippen molar-refractivity contribution in [2.24, 2.45) is 17.6 Å². The predicted molar refractivity (Wildman–Crippen MR) is 86.9 cm³/mol. The Hall–Kier alpha value is -0.120. The van der Waals surface area contributed by atoms with Crippen LogP contribution in [-0.4, -0.2) is 43.3 Å². The van der Waals surface area contributed by atoms with Gasteiger partial charge in [-0.1, -0.05) is 34.1 Å².